The van der Waals surface area contributed by atoms with Gasteiger partial charge in [0.15, 0.2) is 0 Å². The minimum atomic E-state index is -3.78. The highest BCUT2D eigenvalue weighted by Crippen LogP contribution is 2.45. The van der Waals surface area contributed by atoms with Crippen LogP contribution in [0.4, 0.5) is 4.79 Å². The summed E-state index contributed by atoms with van der Waals surface area (Å²) < 4.78 is 23.3. The lowest BCUT2D eigenvalue weighted by Gasteiger charge is -2.18. The Hall–Kier alpha value is -2.47. The number of aliphatic hydroxyl groups excluding tert-OH is 1. The van der Waals surface area contributed by atoms with Gasteiger partial charge in [0, 0.05) is 13.0 Å². The molecule has 1 aliphatic rings. The highest BCUT2D eigenvalue weighted by Gasteiger charge is 2.36. The van der Waals surface area contributed by atoms with Crippen molar-refractivity contribution in [2.45, 2.75) is 18.6 Å². The normalized spacial score (nSPS) is 19.7. The molecule has 0 aromatic heterocycles. The standard InChI is InChI=1S/C18H18NO6P/c20-13-11-16(19-12-13)17(21)24-18(22)25-26(23,14-7-3-1-4-8-14)15-9-5-2-6-10-15/h1-10,13,16,19-20H,11-12H2/t13?,16-/m0/s1. The number of hydrogen-bond donors (Lipinski definition) is 2. The molecule has 0 saturated carbocycles. The molecule has 2 atom stereocenters. The zero-order valence-electron chi connectivity index (χ0n) is 13.8. The molecule has 1 aliphatic heterocycles. The van der Waals surface area contributed by atoms with Crippen molar-refractivity contribution in [3.8, 4) is 0 Å². The largest absolute Gasteiger partial charge is 0.521 e. The SMILES string of the molecule is O=C(OC(=O)[C@@H]1CC(O)CN1)OP(=O)(c1ccccc1)c1ccccc1. The van der Waals surface area contributed by atoms with Gasteiger partial charge >= 0.3 is 19.5 Å². The minimum absolute atomic E-state index is 0.140. The van der Waals surface area contributed by atoms with Gasteiger partial charge in [-0.25, -0.2) is 9.59 Å². The molecule has 136 valence electrons. The second kappa shape index (κ2) is 7.83. The number of nitrogens with one attached hydrogen (secondary N) is 1. The van der Waals surface area contributed by atoms with Crippen molar-refractivity contribution in [1.29, 1.82) is 0 Å². The van der Waals surface area contributed by atoms with Crippen LogP contribution in [0.1, 0.15) is 6.42 Å². The van der Waals surface area contributed by atoms with Gasteiger partial charge in [0.05, 0.1) is 16.7 Å². The molecule has 3 rings (SSSR count). The van der Waals surface area contributed by atoms with Gasteiger partial charge in [-0.1, -0.05) is 36.4 Å². The maximum Gasteiger partial charge on any atom is 0.521 e. The summed E-state index contributed by atoms with van der Waals surface area (Å²) in [5, 5.41) is 12.8. The Labute approximate surface area is 150 Å². The van der Waals surface area contributed by atoms with Crippen molar-refractivity contribution in [2.75, 3.05) is 6.54 Å². The Morgan fingerprint density at radius 3 is 2.00 bits per heavy atom. The first-order chi connectivity index (χ1) is 12.5. The number of rotatable bonds is 4. The van der Waals surface area contributed by atoms with E-state index in [2.05, 4.69) is 10.1 Å². The summed E-state index contributed by atoms with van der Waals surface area (Å²) in [4.78, 5) is 24.1. The molecule has 0 aliphatic carbocycles. The smallest absolute Gasteiger partial charge is 0.392 e. The molecule has 1 fully saturated rings. The van der Waals surface area contributed by atoms with Crippen molar-refractivity contribution >= 4 is 30.1 Å². The molecule has 2 aromatic carbocycles. The molecule has 7 nitrogen and oxygen atoms in total. The molecule has 8 heteroatoms. The number of esters is 1. The van der Waals surface area contributed by atoms with E-state index < -0.39 is 31.6 Å². The molecule has 1 heterocycles. The van der Waals surface area contributed by atoms with E-state index in [-0.39, 0.29) is 13.0 Å². The second-order valence-corrected chi connectivity index (χ2v) is 8.15. The van der Waals surface area contributed by atoms with E-state index in [1.807, 2.05) is 0 Å². The number of ether oxygens (including phenoxy) is 1. The number of benzene rings is 2. The Morgan fingerprint density at radius 2 is 1.54 bits per heavy atom. The first-order valence-electron chi connectivity index (χ1n) is 8.07. The summed E-state index contributed by atoms with van der Waals surface area (Å²) in [7, 11) is -3.78. The first kappa shape index (κ1) is 18.3. The number of β-amino-alcohol motifs (C(OH)–C–C–N with tert-alkyl or cyclic N) is 1. The van der Waals surface area contributed by atoms with E-state index >= 15 is 0 Å². The van der Waals surface area contributed by atoms with Crippen LogP contribution < -0.4 is 15.9 Å². The lowest BCUT2D eigenvalue weighted by Crippen LogP contribution is -2.34. The van der Waals surface area contributed by atoms with Gasteiger partial charge in [0.25, 0.3) is 0 Å². The molecule has 0 bridgehead atoms. The van der Waals surface area contributed by atoms with Crippen molar-refractivity contribution in [2.24, 2.45) is 0 Å². The maximum atomic E-state index is 13.5. The quantitative estimate of drug-likeness (QED) is 0.472. The van der Waals surface area contributed by atoms with Crippen LogP contribution in [-0.4, -0.2) is 35.9 Å². The Kier molecular flexibility index (Phi) is 5.52. The van der Waals surface area contributed by atoms with Crippen LogP contribution in [-0.2, 0) is 18.6 Å². The van der Waals surface area contributed by atoms with E-state index in [0.29, 0.717) is 10.6 Å². The Bertz CT molecular complexity index is 783. The third-order valence-corrected chi connectivity index (χ3v) is 6.33. The van der Waals surface area contributed by atoms with Gasteiger partial charge in [-0.3, -0.25) is 4.57 Å². The minimum Gasteiger partial charge on any atom is -0.392 e. The number of carbonyl (C=O) groups excluding carboxylic acids is 2. The second-order valence-electron chi connectivity index (χ2n) is 5.84. The van der Waals surface area contributed by atoms with Gasteiger partial charge in [0.1, 0.15) is 6.04 Å². The van der Waals surface area contributed by atoms with Gasteiger partial charge in [-0.2, -0.15) is 0 Å². The van der Waals surface area contributed by atoms with Gasteiger partial charge in [-0.15, -0.1) is 0 Å². The highest BCUT2D eigenvalue weighted by atomic mass is 31.2. The van der Waals surface area contributed by atoms with Crippen LogP contribution >= 0.6 is 7.37 Å². The lowest BCUT2D eigenvalue weighted by molar-refractivity contribution is -0.140. The first-order valence-corrected chi connectivity index (χ1v) is 9.69. The topological polar surface area (TPSA) is 102 Å². The lowest BCUT2D eigenvalue weighted by atomic mass is 10.2. The van der Waals surface area contributed by atoms with Crippen molar-refractivity contribution in [3.05, 3.63) is 60.7 Å². The summed E-state index contributed by atoms with van der Waals surface area (Å²) in [5.41, 5.74) is 0. The number of aliphatic hydroxyl groups is 1. The fourth-order valence-electron chi connectivity index (χ4n) is 2.68. The predicted octanol–water partition coefficient (Wildman–Crippen LogP) is 1.32. The summed E-state index contributed by atoms with van der Waals surface area (Å²) in [6.07, 6.45) is -1.88. The van der Waals surface area contributed by atoms with Crippen LogP contribution in [0.15, 0.2) is 60.7 Å². The molecule has 0 amide bonds. The van der Waals surface area contributed by atoms with Crippen LogP contribution in [0, 0.1) is 0 Å². The third-order valence-electron chi connectivity index (χ3n) is 3.97. The molecule has 26 heavy (non-hydrogen) atoms. The fourth-order valence-corrected chi connectivity index (χ4v) is 4.56. The van der Waals surface area contributed by atoms with E-state index in [0.717, 1.165) is 0 Å². The van der Waals surface area contributed by atoms with E-state index in [9.17, 15) is 19.3 Å². The van der Waals surface area contributed by atoms with E-state index in [1.54, 1.807) is 60.7 Å². The van der Waals surface area contributed by atoms with Gasteiger partial charge < -0.3 is 19.7 Å². The van der Waals surface area contributed by atoms with Crippen LogP contribution in [0.5, 0.6) is 0 Å². The molecule has 2 N–H and O–H groups in total. The summed E-state index contributed by atoms with van der Waals surface area (Å²) >= 11 is 0. The summed E-state index contributed by atoms with van der Waals surface area (Å²) in [6.45, 7) is 0.237. The predicted molar refractivity (Wildman–Crippen MR) is 94.7 cm³/mol. The Morgan fingerprint density at radius 1 is 1.00 bits per heavy atom. The average molecular weight is 375 g/mol. The van der Waals surface area contributed by atoms with Crippen LogP contribution in [0.25, 0.3) is 0 Å². The molecule has 1 saturated heterocycles. The third kappa shape index (κ3) is 4.02. The van der Waals surface area contributed by atoms with Gasteiger partial charge in [-0.05, 0) is 24.3 Å². The summed E-state index contributed by atoms with van der Waals surface area (Å²) in [5.74, 6) is -0.876. The zero-order valence-corrected chi connectivity index (χ0v) is 14.7. The van der Waals surface area contributed by atoms with Gasteiger partial charge in [0.2, 0.25) is 0 Å². The van der Waals surface area contributed by atoms with Crippen LogP contribution in [0.2, 0.25) is 0 Å². The highest BCUT2D eigenvalue weighted by molar-refractivity contribution is 7.74. The van der Waals surface area contributed by atoms with Crippen molar-refractivity contribution in [1.82, 2.24) is 5.32 Å². The molecule has 1 unspecified atom stereocenters. The molecular formula is C18H18NO6P. The number of hydrogen-bond acceptors (Lipinski definition) is 7. The van der Waals surface area contributed by atoms with E-state index in [1.165, 1.54) is 0 Å². The maximum absolute atomic E-state index is 13.5. The average Bonchev–Trinajstić information content (AvgIpc) is 3.09. The molecule has 0 radical (unpaired) electrons. The van der Waals surface area contributed by atoms with Crippen LogP contribution in [0.3, 0.4) is 0 Å². The summed E-state index contributed by atoms with van der Waals surface area (Å²) in [6, 6.07) is 15.7. The van der Waals surface area contributed by atoms with Crippen molar-refractivity contribution < 1.29 is 28.5 Å². The number of carbonyl (C=O) groups is 2. The molecule has 0 spiro atoms. The zero-order chi connectivity index (χ0) is 18.6. The molecule has 2 aromatic rings. The molecular weight excluding hydrogens is 357 g/mol. The fraction of sp³-hybridized carbons (Fsp3) is 0.222. The Balaban J connectivity index is 1.79. The van der Waals surface area contributed by atoms with Crippen molar-refractivity contribution in [3.63, 3.8) is 0 Å². The van der Waals surface area contributed by atoms with E-state index in [4.69, 9.17) is 4.52 Å². The monoisotopic (exact) mass is 375 g/mol.